The lowest BCUT2D eigenvalue weighted by Gasteiger charge is -2.25. The largest absolute Gasteiger partial charge is 0.507 e. The van der Waals surface area contributed by atoms with Crippen LogP contribution in [-0.4, -0.2) is 29.2 Å². The molecule has 0 saturated carbocycles. The molecule has 1 fully saturated rings. The standard InChI is InChI=1S/C17H19N5O/c18-10-13-15(21-11-5-7-20-8-6-11)9-14(22-17(13)19)12-3-1-2-4-16(12)23/h1-4,9,11,20,23H,5-8H2,(H3,19,21,22). The predicted octanol–water partition coefficient (Wildman–Crippen LogP) is 2.07. The minimum absolute atomic E-state index is 0.136. The van der Waals surface area contributed by atoms with Crippen molar-refractivity contribution in [2.24, 2.45) is 0 Å². The summed E-state index contributed by atoms with van der Waals surface area (Å²) in [5, 5.41) is 26.1. The highest BCUT2D eigenvalue weighted by molar-refractivity contribution is 5.77. The third-order valence-corrected chi connectivity index (χ3v) is 4.04. The van der Waals surface area contributed by atoms with E-state index in [4.69, 9.17) is 5.73 Å². The molecule has 0 spiro atoms. The van der Waals surface area contributed by atoms with Gasteiger partial charge in [-0.15, -0.1) is 0 Å². The van der Waals surface area contributed by atoms with Crippen LogP contribution in [0.15, 0.2) is 30.3 Å². The molecule has 1 aromatic heterocycles. The second-order valence-corrected chi connectivity index (χ2v) is 5.61. The number of para-hydroxylation sites is 1. The number of nitrogens with one attached hydrogen (secondary N) is 2. The van der Waals surface area contributed by atoms with Crippen molar-refractivity contribution in [3.05, 3.63) is 35.9 Å². The molecule has 0 atom stereocenters. The molecule has 23 heavy (non-hydrogen) atoms. The Morgan fingerprint density at radius 2 is 2.04 bits per heavy atom. The van der Waals surface area contributed by atoms with Crippen LogP contribution >= 0.6 is 0 Å². The summed E-state index contributed by atoms with van der Waals surface area (Å²) in [7, 11) is 0. The van der Waals surface area contributed by atoms with Crippen molar-refractivity contribution in [3.8, 4) is 23.1 Å². The molecule has 118 valence electrons. The van der Waals surface area contributed by atoms with Gasteiger partial charge in [-0.05, 0) is 44.1 Å². The average molecular weight is 309 g/mol. The Morgan fingerprint density at radius 1 is 1.30 bits per heavy atom. The molecule has 2 heterocycles. The van der Waals surface area contributed by atoms with Gasteiger partial charge in [-0.3, -0.25) is 0 Å². The van der Waals surface area contributed by atoms with Gasteiger partial charge >= 0.3 is 0 Å². The van der Waals surface area contributed by atoms with Crippen molar-refractivity contribution in [1.82, 2.24) is 10.3 Å². The van der Waals surface area contributed by atoms with Crippen LogP contribution in [-0.2, 0) is 0 Å². The molecular formula is C17H19N5O. The van der Waals surface area contributed by atoms with Gasteiger partial charge in [0.25, 0.3) is 0 Å². The van der Waals surface area contributed by atoms with E-state index in [1.165, 1.54) is 0 Å². The van der Waals surface area contributed by atoms with Crippen LogP contribution in [0.1, 0.15) is 18.4 Å². The van der Waals surface area contributed by atoms with Gasteiger partial charge in [0.2, 0.25) is 0 Å². The van der Waals surface area contributed by atoms with E-state index in [9.17, 15) is 10.4 Å². The van der Waals surface area contributed by atoms with E-state index in [0.717, 1.165) is 25.9 Å². The number of anilines is 2. The third kappa shape index (κ3) is 3.20. The highest BCUT2D eigenvalue weighted by Gasteiger charge is 2.18. The van der Waals surface area contributed by atoms with Crippen molar-refractivity contribution in [1.29, 1.82) is 5.26 Å². The number of nitrogens with two attached hydrogens (primary N) is 1. The van der Waals surface area contributed by atoms with Crippen LogP contribution in [0.4, 0.5) is 11.5 Å². The number of nitrogens with zero attached hydrogens (tertiary/aromatic N) is 2. The van der Waals surface area contributed by atoms with Crippen molar-refractivity contribution in [3.63, 3.8) is 0 Å². The number of piperidine rings is 1. The number of aromatic hydroxyl groups is 1. The Balaban J connectivity index is 2.00. The quantitative estimate of drug-likeness (QED) is 0.691. The SMILES string of the molecule is N#Cc1c(NC2CCNCC2)cc(-c2ccccc2O)nc1N. The van der Waals surface area contributed by atoms with Gasteiger partial charge in [-0.2, -0.15) is 5.26 Å². The monoisotopic (exact) mass is 309 g/mol. The number of pyridine rings is 1. The first-order valence-electron chi connectivity index (χ1n) is 7.65. The van der Waals surface area contributed by atoms with Crippen molar-refractivity contribution in [2.75, 3.05) is 24.1 Å². The minimum atomic E-state index is 0.136. The maximum absolute atomic E-state index is 10.0. The topological polar surface area (TPSA) is 107 Å². The van der Waals surface area contributed by atoms with Crippen LogP contribution in [0.3, 0.4) is 0 Å². The molecule has 2 aromatic rings. The molecule has 0 bridgehead atoms. The number of hydrogen-bond acceptors (Lipinski definition) is 6. The zero-order chi connectivity index (χ0) is 16.2. The Bertz CT molecular complexity index is 747. The van der Waals surface area contributed by atoms with Crippen LogP contribution in [0.2, 0.25) is 0 Å². The van der Waals surface area contributed by atoms with Gasteiger partial charge in [-0.25, -0.2) is 4.98 Å². The second-order valence-electron chi connectivity index (χ2n) is 5.61. The highest BCUT2D eigenvalue weighted by atomic mass is 16.3. The van der Waals surface area contributed by atoms with E-state index in [1.807, 2.05) is 6.07 Å². The molecule has 0 aliphatic carbocycles. The molecule has 1 aliphatic heterocycles. The predicted molar refractivity (Wildman–Crippen MR) is 90.0 cm³/mol. The fourth-order valence-corrected chi connectivity index (χ4v) is 2.81. The van der Waals surface area contributed by atoms with Crippen LogP contribution in [0.5, 0.6) is 5.75 Å². The number of phenolic OH excluding ortho intramolecular Hbond substituents is 1. The lowest BCUT2D eigenvalue weighted by Crippen LogP contribution is -2.35. The first-order chi connectivity index (χ1) is 11.2. The van der Waals surface area contributed by atoms with Crippen molar-refractivity contribution < 1.29 is 5.11 Å². The van der Waals surface area contributed by atoms with E-state index in [1.54, 1.807) is 24.3 Å². The number of phenols is 1. The smallest absolute Gasteiger partial charge is 0.144 e. The first kappa shape index (κ1) is 15.1. The van der Waals surface area contributed by atoms with Gasteiger partial charge in [0, 0.05) is 11.6 Å². The molecule has 0 unspecified atom stereocenters. The van der Waals surface area contributed by atoms with Crippen LogP contribution in [0.25, 0.3) is 11.3 Å². The van der Waals surface area contributed by atoms with Gasteiger partial charge in [0.15, 0.2) is 0 Å². The molecule has 5 N–H and O–H groups in total. The minimum Gasteiger partial charge on any atom is -0.507 e. The summed E-state index contributed by atoms with van der Waals surface area (Å²) in [5.41, 5.74) is 8.13. The van der Waals surface area contributed by atoms with Gasteiger partial charge in [0.05, 0.1) is 11.4 Å². The normalized spacial score (nSPS) is 15.1. The molecular weight excluding hydrogens is 290 g/mol. The number of hydrogen-bond donors (Lipinski definition) is 4. The van der Waals surface area contributed by atoms with Crippen molar-refractivity contribution >= 4 is 11.5 Å². The maximum atomic E-state index is 10.0. The highest BCUT2D eigenvalue weighted by Crippen LogP contribution is 2.32. The van der Waals surface area contributed by atoms with Crippen LogP contribution in [0, 0.1) is 11.3 Å². The third-order valence-electron chi connectivity index (χ3n) is 4.04. The summed E-state index contributed by atoms with van der Waals surface area (Å²) in [6.07, 6.45) is 1.97. The summed E-state index contributed by atoms with van der Waals surface area (Å²) in [6, 6.07) is 11.1. The molecule has 1 aromatic carbocycles. The number of nitriles is 1. The van der Waals surface area contributed by atoms with E-state index < -0.39 is 0 Å². The maximum Gasteiger partial charge on any atom is 0.144 e. The first-order valence-corrected chi connectivity index (χ1v) is 7.65. The summed E-state index contributed by atoms with van der Waals surface area (Å²) in [5.74, 6) is 0.307. The van der Waals surface area contributed by atoms with Crippen LogP contribution < -0.4 is 16.4 Å². The van der Waals surface area contributed by atoms with E-state index in [0.29, 0.717) is 28.6 Å². The molecule has 6 heteroatoms. The number of aromatic nitrogens is 1. The zero-order valence-corrected chi connectivity index (χ0v) is 12.7. The summed E-state index contributed by atoms with van der Waals surface area (Å²) in [6.45, 7) is 1.90. The Kier molecular flexibility index (Phi) is 4.31. The van der Waals surface area contributed by atoms with E-state index in [-0.39, 0.29) is 11.6 Å². The molecule has 6 nitrogen and oxygen atoms in total. The second kappa shape index (κ2) is 6.55. The summed E-state index contributed by atoms with van der Waals surface area (Å²) < 4.78 is 0. The number of benzene rings is 1. The Hall–Kier alpha value is -2.78. The lowest BCUT2D eigenvalue weighted by molar-refractivity contribution is 0.477. The molecule has 0 amide bonds. The molecule has 3 rings (SSSR count). The average Bonchev–Trinajstić information content (AvgIpc) is 2.56. The van der Waals surface area contributed by atoms with Gasteiger partial charge < -0.3 is 21.5 Å². The van der Waals surface area contributed by atoms with E-state index in [2.05, 4.69) is 21.7 Å². The zero-order valence-electron chi connectivity index (χ0n) is 12.7. The number of rotatable bonds is 3. The van der Waals surface area contributed by atoms with Gasteiger partial charge in [0.1, 0.15) is 23.2 Å². The molecule has 0 radical (unpaired) electrons. The summed E-state index contributed by atoms with van der Waals surface area (Å²) >= 11 is 0. The molecule has 1 aliphatic rings. The number of nitrogen functional groups attached to an aromatic ring is 1. The van der Waals surface area contributed by atoms with Crippen molar-refractivity contribution in [2.45, 2.75) is 18.9 Å². The fourth-order valence-electron chi connectivity index (χ4n) is 2.81. The molecule has 1 saturated heterocycles. The Morgan fingerprint density at radius 3 is 2.74 bits per heavy atom. The van der Waals surface area contributed by atoms with Gasteiger partial charge in [-0.1, -0.05) is 12.1 Å². The summed E-state index contributed by atoms with van der Waals surface area (Å²) in [4.78, 5) is 4.27. The Labute approximate surface area is 135 Å². The lowest BCUT2D eigenvalue weighted by atomic mass is 10.0. The fraction of sp³-hybridized carbons (Fsp3) is 0.294. The van der Waals surface area contributed by atoms with E-state index >= 15 is 0 Å².